The number of rotatable bonds is 11. The van der Waals surface area contributed by atoms with Crippen molar-refractivity contribution in [2.24, 2.45) is 0 Å². The van der Waals surface area contributed by atoms with E-state index in [1.54, 1.807) is 12.1 Å². The van der Waals surface area contributed by atoms with Crippen molar-refractivity contribution in [2.75, 3.05) is 30.2 Å². The molecule has 0 aliphatic rings. The topological polar surface area (TPSA) is 87.0 Å². The molecule has 0 radical (unpaired) electrons. The molecular weight excluding hydrogens is 332 g/mol. The Morgan fingerprint density at radius 3 is 2.22 bits per heavy atom. The first-order valence-electron chi connectivity index (χ1n) is 7.73. The van der Waals surface area contributed by atoms with Crippen LogP contribution in [0.3, 0.4) is 0 Å². The second-order valence-corrected chi connectivity index (χ2v) is 11.4. The van der Waals surface area contributed by atoms with E-state index in [1.165, 1.54) is 12.5 Å². The second kappa shape index (κ2) is 10.8. The van der Waals surface area contributed by atoms with Gasteiger partial charge in [-0.1, -0.05) is 18.2 Å². The molecule has 7 heteroatoms. The molecule has 1 aromatic carbocycles. The molecule has 130 valence electrons. The van der Waals surface area contributed by atoms with Crippen molar-refractivity contribution < 1.29 is 24.9 Å². The molecule has 23 heavy (non-hydrogen) atoms. The van der Waals surface area contributed by atoms with Crippen LogP contribution in [0, 0.1) is 0 Å². The van der Waals surface area contributed by atoms with Crippen LogP contribution >= 0.6 is 11.8 Å². The van der Waals surface area contributed by atoms with E-state index in [0.717, 1.165) is 30.4 Å². The lowest BCUT2D eigenvalue weighted by atomic mass is 10.2. The molecule has 0 amide bonds. The SMILES string of the molecule is CC(=O)Oc1ccc(CCSCCC[Si](CO)(CO)CO)cc1. The minimum Gasteiger partial charge on any atom is -0.427 e. The van der Waals surface area contributed by atoms with Crippen LogP contribution in [0.5, 0.6) is 5.75 Å². The number of hydrogen-bond acceptors (Lipinski definition) is 6. The van der Waals surface area contributed by atoms with Gasteiger partial charge in [-0.25, -0.2) is 0 Å². The molecular formula is C16H26O5SSi. The lowest BCUT2D eigenvalue weighted by Gasteiger charge is -2.24. The van der Waals surface area contributed by atoms with E-state index in [4.69, 9.17) is 4.74 Å². The summed E-state index contributed by atoms with van der Waals surface area (Å²) in [7, 11) is -2.25. The zero-order valence-corrected chi connectivity index (χ0v) is 15.3. The summed E-state index contributed by atoms with van der Waals surface area (Å²) >= 11 is 1.83. The maximum Gasteiger partial charge on any atom is 0.308 e. The van der Waals surface area contributed by atoms with Gasteiger partial charge in [0.1, 0.15) is 13.8 Å². The molecule has 0 aromatic heterocycles. The number of esters is 1. The van der Waals surface area contributed by atoms with Gasteiger partial charge in [-0.05, 0) is 42.0 Å². The van der Waals surface area contributed by atoms with Gasteiger partial charge in [0.2, 0.25) is 0 Å². The second-order valence-electron chi connectivity index (χ2n) is 5.68. The predicted molar refractivity (Wildman–Crippen MR) is 95.2 cm³/mol. The molecule has 0 fully saturated rings. The van der Waals surface area contributed by atoms with Crippen molar-refractivity contribution >= 4 is 25.8 Å². The molecule has 1 rings (SSSR count). The third-order valence-corrected chi connectivity index (χ3v) is 8.22. The van der Waals surface area contributed by atoms with Crippen LogP contribution in [0.4, 0.5) is 0 Å². The zero-order chi connectivity index (χ0) is 17.1. The van der Waals surface area contributed by atoms with Gasteiger partial charge in [-0.15, -0.1) is 0 Å². The monoisotopic (exact) mass is 358 g/mol. The fourth-order valence-corrected chi connectivity index (χ4v) is 5.01. The van der Waals surface area contributed by atoms with E-state index < -0.39 is 8.07 Å². The molecule has 0 saturated heterocycles. The fourth-order valence-electron chi connectivity index (χ4n) is 2.12. The Morgan fingerprint density at radius 1 is 1.09 bits per heavy atom. The van der Waals surface area contributed by atoms with E-state index in [-0.39, 0.29) is 24.7 Å². The van der Waals surface area contributed by atoms with Crippen LogP contribution in [0.2, 0.25) is 6.04 Å². The Kier molecular flexibility index (Phi) is 9.50. The molecule has 0 aliphatic carbocycles. The summed E-state index contributed by atoms with van der Waals surface area (Å²) in [5.41, 5.74) is 1.19. The molecule has 5 nitrogen and oxygen atoms in total. The van der Waals surface area contributed by atoms with E-state index in [0.29, 0.717) is 5.75 Å². The minimum absolute atomic E-state index is 0.0562. The van der Waals surface area contributed by atoms with E-state index in [2.05, 4.69) is 0 Å². The molecule has 0 atom stereocenters. The lowest BCUT2D eigenvalue weighted by molar-refractivity contribution is -0.131. The van der Waals surface area contributed by atoms with Crippen molar-refractivity contribution in [3.63, 3.8) is 0 Å². The number of aryl methyl sites for hydroxylation is 1. The summed E-state index contributed by atoms with van der Waals surface area (Å²) < 4.78 is 4.99. The predicted octanol–water partition coefficient (Wildman–Crippen LogP) is 1.32. The van der Waals surface area contributed by atoms with Crippen molar-refractivity contribution in [1.82, 2.24) is 0 Å². The number of hydrogen-bond donors (Lipinski definition) is 3. The number of aliphatic hydroxyl groups is 3. The Labute approximate surface area is 142 Å². The molecule has 0 spiro atoms. The first-order valence-corrected chi connectivity index (χ1v) is 11.7. The Bertz CT molecular complexity index is 454. The molecule has 3 N–H and O–H groups in total. The average Bonchev–Trinajstić information content (AvgIpc) is 2.56. The van der Waals surface area contributed by atoms with Crippen molar-refractivity contribution in [1.29, 1.82) is 0 Å². The molecule has 0 saturated carbocycles. The van der Waals surface area contributed by atoms with Crippen molar-refractivity contribution in [3.8, 4) is 5.75 Å². The van der Waals surface area contributed by atoms with Gasteiger partial charge < -0.3 is 20.1 Å². The van der Waals surface area contributed by atoms with Gasteiger partial charge in [0.05, 0.1) is 0 Å². The van der Waals surface area contributed by atoms with Gasteiger partial charge in [0.25, 0.3) is 0 Å². The fraction of sp³-hybridized carbons (Fsp3) is 0.562. The summed E-state index contributed by atoms with van der Waals surface area (Å²) in [6.07, 6.45) is 1.68. The number of carbonyl (C=O) groups is 1. The highest BCUT2D eigenvalue weighted by atomic mass is 32.2. The van der Waals surface area contributed by atoms with Crippen LogP contribution in [-0.4, -0.2) is 59.6 Å². The first kappa shape index (κ1) is 20.2. The highest BCUT2D eigenvalue weighted by Gasteiger charge is 2.30. The third kappa shape index (κ3) is 7.50. The van der Waals surface area contributed by atoms with E-state index >= 15 is 0 Å². The number of ether oxygens (including phenoxy) is 1. The Balaban J connectivity index is 2.21. The first-order chi connectivity index (χ1) is 11.0. The standard InChI is InChI=1S/C16H26O5SSi/c1-14(20)21-16-5-3-15(4-6-16)7-9-22-8-2-10-23(11-17,12-18)13-19/h3-6,17-19H,2,7-13H2,1H3. The summed E-state index contributed by atoms with van der Waals surface area (Å²) in [5, 5.41) is 27.9. The average molecular weight is 359 g/mol. The van der Waals surface area contributed by atoms with Crippen LogP contribution in [-0.2, 0) is 11.2 Å². The van der Waals surface area contributed by atoms with Gasteiger partial charge >= 0.3 is 5.97 Å². The zero-order valence-electron chi connectivity index (χ0n) is 13.5. The normalized spacial score (nSPS) is 11.5. The minimum atomic E-state index is -2.25. The quantitative estimate of drug-likeness (QED) is 0.239. The Morgan fingerprint density at radius 2 is 1.70 bits per heavy atom. The molecule has 0 heterocycles. The number of carbonyl (C=O) groups excluding carboxylic acids is 1. The van der Waals surface area contributed by atoms with Gasteiger partial charge in [0, 0.05) is 25.6 Å². The van der Waals surface area contributed by atoms with Crippen LogP contribution in [0.1, 0.15) is 18.9 Å². The van der Waals surface area contributed by atoms with Crippen LogP contribution in [0.15, 0.2) is 24.3 Å². The smallest absolute Gasteiger partial charge is 0.308 e. The highest BCUT2D eigenvalue weighted by Crippen LogP contribution is 2.17. The molecule has 0 bridgehead atoms. The third-order valence-electron chi connectivity index (χ3n) is 3.72. The van der Waals surface area contributed by atoms with Gasteiger partial charge in [-0.3, -0.25) is 4.79 Å². The summed E-state index contributed by atoms with van der Waals surface area (Å²) in [5.74, 6) is 2.19. The maximum atomic E-state index is 10.8. The summed E-state index contributed by atoms with van der Waals surface area (Å²) in [6.45, 7) is 1.38. The van der Waals surface area contributed by atoms with E-state index in [1.807, 2.05) is 23.9 Å². The largest absolute Gasteiger partial charge is 0.427 e. The van der Waals surface area contributed by atoms with Gasteiger partial charge in [-0.2, -0.15) is 11.8 Å². The number of aliphatic hydroxyl groups excluding tert-OH is 3. The summed E-state index contributed by atoms with van der Waals surface area (Å²) in [4.78, 5) is 10.8. The molecule has 0 unspecified atom stereocenters. The highest BCUT2D eigenvalue weighted by molar-refractivity contribution is 7.99. The van der Waals surface area contributed by atoms with E-state index in [9.17, 15) is 20.1 Å². The van der Waals surface area contributed by atoms with Crippen molar-refractivity contribution in [2.45, 2.75) is 25.8 Å². The van der Waals surface area contributed by atoms with Crippen LogP contribution in [0.25, 0.3) is 0 Å². The Hall–Kier alpha value is -0.863. The maximum absolute atomic E-state index is 10.8. The van der Waals surface area contributed by atoms with Crippen molar-refractivity contribution in [3.05, 3.63) is 29.8 Å². The number of thioether (sulfide) groups is 1. The van der Waals surface area contributed by atoms with Crippen LogP contribution < -0.4 is 4.74 Å². The number of benzene rings is 1. The molecule has 0 aliphatic heterocycles. The lowest BCUT2D eigenvalue weighted by Crippen LogP contribution is -2.48. The molecule has 1 aromatic rings. The summed E-state index contributed by atoms with van der Waals surface area (Å²) in [6, 6.07) is 8.26. The van der Waals surface area contributed by atoms with Gasteiger partial charge in [0.15, 0.2) is 0 Å².